The number of aromatic nitrogens is 1. The number of fused-ring (bicyclic) bond motifs is 1. The molecule has 1 heterocycles. The quantitative estimate of drug-likeness (QED) is 0.195. The van der Waals surface area contributed by atoms with E-state index in [4.69, 9.17) is 4.99 Å². The number of amides is 2. The van der Waals surface area contributed by atoms with Crippen molar-refractivity contribution in [3.8, 4) is 5.88 Å². The van der Waals surface area contributed by atoms with Gasteiger partial charge in [-0.2, -0.15) is 0 Å². The summed E-state index contributed by atoms with van der Waals surface area (Å²) in [7, 11) is -0.687. The van der Waals surface area contributed by atoms with Gasteiger partial charge < -0.3 is 19.9 Å². The topological polar surface area (TPSA) is 135 Å². The van der Waals surface area contributed by atoms with Crippen LogP contribution in [0, 0.1) is 0 Å². The van der Waals surface area contributed by atoms with Crippen molar-refractivity contribution in [2.75, 3.05) is 30.3 Å². The van der Waals surface area contributed by atoms with Crippen molar-refractivity contribution in [2.45, 2.75) is 11.8 Å². The average Bonchev–Trinajstić information content (AvgIpc) is 3.34. The number of sulfonamides is 1. The molecular formula is C33H31N5O5S. The van der Waals surface area contributed by atoms with E-state index in [1.54, 1.807) is 74.8 Å². The smallest absolute Gasteiger partial charge is 0.261 e. The normalized spacial score (nSPS) is 11.8. The zero-order valence-electron chi connectivity index (χ0n) is 24.4. The van der Waals surface area contributed by atoms with Gasteiger partial charge in [-0.3, -0.25) is 14.3 Å². The fourth-order valence-electron chi connectivity index (χ4n) is 4.64. The Hall–Kier alpha value is -5.42. The van der Waals surface area contributed by atoms with Crippen LogP contribution in [0.5, 0.6) is 5.88 Å². The average molecular weight is 610 g/mol. The van der Waals surface area contributed by atoms with E-state index in [2.05, 4.69) is 9.71 Å². The van der Waals surface area contributed by atoms with Crippen molar-refractivity contribution in [1.29, 1.82) is 0 Å². The van der Waals surface area contributed by atoms with Crippen LogP contribution in [-0.4, -0.2) is 61.6 Å². The first kappa shape index (κ1) is 30.1. The van der Waals surface area contributed by atoms with Crippen molar-refractivity contribution < 1.29 is 23.1 Å². The van der Waals surface area contributed by atoms with Crippen LogP contribution < -0.4 is 9.62 Å². The standard InChI is InChI=1S/C33H31N5O5S/c1-22(39)38(21-30(40)37(2)3)26-16-14-24(15-17-26)34-32(23-10-6-4-7-11-23)31-28-20-27(18-19-29(28)35-33(31)41)44(42,43)36-25-12-8-5-9-13-25/h4-20,35-36,41H,21H2,1-3H3. The molecule has 0 radical (unpaired) electrons. The van der Waals surface area contributed by atoms with Crippen LogP contribution in [0.15, 0.2) is 113 Å². The number of aromatic hydroxyl groups is 1. The third-order valence-electron chi connectivity index (χ3n) is 6.95. The summed E-state index contributed by atoms with van der Waals surface area (Å²) in [6.45, 7) is 1.29. The minimum atomic E-state index is -3.94. The molecule has 0 spiro atoms. The number of anilines is 2. The zero-order valence-corrected chi connectivity index (χ0v) is 25.2. The molecule has 0 bridgehead atoms. The van der Waals surface area contributed by atoms with E-state index in [-0.39, 0.29) is 29.1 Å². The third kappa shape index (κ3) is 6.47. The number of nitrogens with one attached hydrogen (secondary N) is 2. The molecule has 5 aromatic rings. The molecule has 3 N–H and O–H groups in total. The Labute approximate surface area is 255 Å². The first-order valence-corrected chi connectivity index (χ1v) is 15.2. The van der Waals surface area contributed by atoms with Crippen LogP contribution in [0.25, 0.3) is 10.9 Å². The van der Waals surface area contributed by atoms with Gasteiger partial charge in [0.2, 0.25) is 11.8 Å². The third-order valence-corrected chi connectivity index (χ3v) is 8.32. The second-order valence-corrected chi connectivity index (χ2v) is 11.9. The first-order chi connectivity index (χ1) is 21.0. The van der Waals surface area contributed by atoms with Crippen molar-refractivity contribution in [2.24, 2.45) is 4.99 Å². The van der Waals surface area contributed by atoms with Gasteiger partial charge in [-0.05, 0) is 54.6 Å². The highest BCUT2D eigenvalue weighted by Gasteiger charge is 2.22. The summed E-state index contributed by atoms with van der Waals surface area (Å²) in [4.78, 5) is 35.2. The van der Waals surface area contributed by atoms with Crippen LogP contribution in [0.2, 0.25) is 0 Å². The Kier molecular flexibility index (Phi) is 8.50. The largest absolute Gasteiger partial charge is 0.494 e. The number of carbonyl (C=O) groups excluding carboxylic acids is 2. The molecule has 2 amide bonds. The maximum atomic E-state index is 13.3. The molecule has 0 fully saturated rings. The summed E-state index contributed by atoms with van der Waals surface area (Å²) >= 11 is 0. The van der Waals surface area contributed by atoms with Crippen LogP contribution in [-0.2, 0) is 19.6 Å². The van der Waals surface area contributed by atoms with E-state index in [1.807, 2.05) is 30.3 Å². The van der Waals surface area contributed by atoms with Crippen LogP contribution in [0.4, 0.5) is 17.1 Å². The number of nitrogens with zero attached hydrogens (tertiary/aromatic N) is 3. The molecule has 44 heavy (non-hydrogen) atoms. The predicted molar refractivity (Wildman–Crippen MR) is 172 cm³/mol. The number of aliphatic imine (C=N–C) groups is 1. The maximum absolute atomic E-state index is 13.3. The molecule has 0 aliphatic heterocycles. The molecule has 0 atom stereocenters. The summed E-state index contributed by atoms with van der Waals surface area (Å²) in [6.07, 6.45) is 0. The number of hydrogen-bond donors (Lipinski definition) is 3. The molecular weight excluding hydrogens is 578 g/mol. The number of hydrogen-bond acceptors (Lipinski definition) is 6. The fraction of sp³-hybridized carbons (Fsp3) is 0.121. The Morgan fingerprint density at radius 3 is 2.14 bits per heavy atom. The molecule has 0 aliphatic carbocycles. The highest BCUT2D eigenvalue weighted by Crippen LogP contribution is 2.33. The monoisotopic (exact) mass is 609 g/mol. The Morgan fingerprint density at radius 1 is 0.886 bits per heavy atom. The highest BCUT2D eigenvalue weighted by molar-refractivity contribution is 7.92. The number of H-pyrrole nitrogens is 1. The Balaban J connectivity index is 1.58. The molecule has 0 saturated carbocycles. The summed E-state index contributed by atoms with van der Waals surface area (Å²) in [5, 5.41) is 11.6. The van der Waals surface area contributed by atoms with Crippen LogP contribution >= 0.6 is 0 Å². The second kappa shape index (κ2) is 12.4. The highest BCUT2D eigenvalue weighted by atomic mass is 32.2. The van der Waals surface area contributed by atoms with Gasteiger partial charge >= 0.3 is 0 Å². The van der Waals surface area contributed by atoms with E-state index >= 15 is 0 Å². The van der Waals surface area contributed by atoms with Gasteiger partial charge in [-0.1, -0.05) is 48.5 Å². The summed E-state index contributed by atoms with van der Waals surface area (Å²) in [5.41, 5.74) is 3.41. The lowest BCUT2D eigenvalue weighted by Crippen LogP contribution is -2.39. The number of aromatic amines is 1. The van der Waals surface area contributed by atoms with Crippen LogP contribution in [0.3, 0.4) is 0 Å². The lowest BCUT2D eigenvalue weighted by atomic mass is 10.0. The minimum absolute atomic E-state index is 0.0162. The molecule has 10 nitrogen and oxygen atoms in total. The van der Waals surface area contributed by atoms with E-state index in [0.717, 1.165) is 0 Å². The lowest BCUT2D eigenvalue weighted by Gasteiger charge is -2.22. The fourth-order valence-corrected chi connectivity index (χ4v) is 5.73. The molecule has 4 aromatic carbocycles. The van der Waals surface area contributed by atoms with Gasteiger partial charge in [0, 0.05) is 48.9 Å². The molecule has 224 valence electrons. The number of carbonyl (C=O) groups is 2. The SMILES string of the molecule is CC(=O)N(CC(=O)N(C)C)c1ccc(N=C(c2ccccc2)c2c(O)[nH]c3ccc(S(=O)(=O)Nc4ccccc4)cc23)cc1. The molecule has 1 aromatic heterocycles. The lowest BCUT2D eigenvalue weighted by molar-refractivity contribution is -0.129. The zero-order chi connectivity index (χ0) is 31.4. The number of para-hydroxylation sites is 1. The van der Waals surface area contributed by atoms with Crippen molar-refractivity contribution in [3.05, 3.63) is 114 Å². The van der Waals surface area contributed by atoms with E-state index in [0.29, 0.717) is 44.8 Å². The van der Waals surface area contributed by atoms with E-state index in [1.165, 1.54) is 28.9 Å². The van der Waals surface area contributed by atoms with Gasteiger partial charge in [0.05, 0.1) is 21.9 Å². The van der Waals surface area contributed by atoms with Gasteiger partial charge in [-0.15, -0.1) is 0 Å². The molecule has 5 rings (SSSR count). The van der Waals surface area contributed by atoms with Crippen molar-refractivity contribution >= 4 is 55.5 Å². The number of rotatable bonds is 9. The van der Waals surface area contributed by atoms with Crippen LogP contribution in [0.1, 0.15) is 18.1 Å². The van der Waals surface area contributed by atoms with Gasteiger partial charge in [0.25, 0.3) is 10.0 Å². The van der Waals surface area contributed by atoms with E-state index < -0.39 is 10.0 Å². The first-order valence-electron chi connectivity index (χ1n) is 13.7. The van der Waals surface area contributed by atoms with Gasteiger partial charge in [0.15, 0.2) is 5.88 Å². The molecule has 0 aliphatic rings. The Morgan fingerprint density at radius 2 is 1.52 bits per heavy atom. The summed E-state index contributed by atoms with van der Waals surface area (Å²) in [6, 6.07) is 29.2. The summed E-state index contributed by atoms with van der Waals surface area (Å²) in [5.74, 6) is -0.670. The number of benzene rings is 4. The van der Waals surface area contributed by atoms with Crippen molar-refractivity contribution in [1.82, 2.24) is 9.88 Å². The van der Waals surface area contributed by atoms with Gasteiger partial charge in [0.1, 0.15) is 6.54 Å². The van der Waals surface area contributed by atoms with Gasteiger partial charge in [-0.25, -0.2) is 13.4 Å². The molecule has 11 heteroatoms. The molecule has 0 unspecified atom stereocenters. The minimum Gasteiger partial charge on any atom is -0.494 e. The predicted octanol–water partition coefficient (Wildman–Crippen LogP) is 5.28. The summed E-state index contributed by atoms with van der Waals surface area (Å²) < 4.78 is 29.1. The van der Waals surface area contributed by atoms with Crippen molar-refractivity contribution in [3.63, 3.8) is 0 Å². The van der Waals surface area contributed by atoms with E-state index in [9.17, 15) is 23.1 Å². The Bertz CT molecular complexity index is 1950. The maximum Gasteiger partial charge on any atom is 0.261 e. The second-order valence-electron chi connectivity index (χ2n) is 10.3. The molecule has 0 saturated heterocycles. The number of likely N-dealkylation sites (N-methyl/N-ethyl adjacent to an activating group) is 1.